The molecule has 0 aliphatic carbocycles. The molecule has 0 aromatic heterocycles. The second kappa shape index (κ2) is 5.51. The molecule has 0 saturated heterocycles. The van der Waals surface area contributed by atoms with E-state index in [1.54, 1.807) is 12.1 Å². The Morgan fingerprint density at radius 2 is 2.20 bits per heavy atom. The molecule has 0 spiro atoms. The van der Waals surface area contributed by atoms with Gasteiger partial charge in [-0.15, -0.1) is 11.6 Å². The van der Waals surface area contributed by atoms with E-state index in [-0.39, 0.29) is 10.6 Å². The van der Waals surface area contributed by atoms with Gasteiger partial charge in [0.25, 0.3) is 5.69 Å². The number of alkyl halides is 1. The van der Waals surface area contributed by atoms with Gasteiger partial charge in [0.2, 0.25) is 0 Å². The molecule has 0 unspecified atom stereocenters. The highest BCUT2D eigenvalue weighted by Crippen LogP contribution is 2.17. The molecule has 0 radical (unpaired) electrons. The van der Waals surface area contributed by atoms with Gasteiger partial charge in [0.15, 0.2) is 0 Å². The molecule has 4 heteroatoms. The van der Waals surface area contributed by atoms with Crippen LogP contribution in [0.1, 0.15) is 17.5 Å². The lowest BCUT2D eigenvalue weighted by Gasteiger charge is -1.97. The summed E-state index contributed by atoms with van der Waals surface area (Å²) in [5, 5.41) is 10.6. The van der Waals surface area contributed by atoms with Gasteiger partial charge in [-0.2, -0.15) is 0 Å². The summed E-state index contributed by atoms with van der Waals surface area (Å²) in [6, 6.07) is 5.01. The van der Waals surface area contributed by atoms with Crippen LogP contribution >= 0.6 is 11.6 Å². The highest BCUT2D eigenvalue weighted by Gasteiger charge is 2.05. The SMILES string of the molecule is Cc1cc(C=CCCCl)cc([N+](=O)[O-])c1. The largest absolute Gasteiger partial charge is 0.270 e. The highest BCUT2D eigenvalue weighted by atomic mass is 35.5. The van der Waals surface area contributed by atoms with Crippen LogP contribution in [0, 0.1) is 17.0 Å². The number of allylic oxidation sites excluding steroid dienone is 1. The summed E-state index contributed by atoms with van der Waals surface area (Å²) < 4.78 is 0. The van der Waals surface area contributed by atoms with Gasteiger partial charge in [0, 0.05) is 18.0 Å². The molecule has 15 heavy (non-hydrogen) atoms. The van der Waals surface area contributed by atoms with Crippen LogP contribution in [0.5, 0.6) is 0 Å². The Kier molecular flexibility index (Phi) is 4.31. The first-order valence-electron chi connectivity index (χ1n) is 4.62. The summed E-state index contributed by atoms with van der Waals surface area (Å²) in [4.78, 5) is 10.2. The summed E-state index contributed by atoms with van der Waals surface area (Å²) in [5.41, 5.74) is 1.85. The minimum Gasteiger partial charge on any atom is -0.258 e. The van der Waals surface area contributed by atoms with Gasteiger partial charge >= 0.3 is 0 Å². The minimum absolute atomic E-state index is 0.125. The maximum atomic E-state index is 10.6. The summed E-state index contributed by atoms with van der Waals surface area (Å²) >= 11 is 5.52. The summed E-state index contributed by atoms with van der Waals surface area (Å²) in [6.07, 6.45) is 4.52. The number of aryl methyl sites for hydroxylation is 1. The van der Waals surface area contributed by atoms with Gasteiger partial charge < -0.3 is 0 Å². The van der Waals surface area contributed by atoms with Crippen LogP contribution < -0.4 is 0 Å². The minimum atomic E-state index is -0.383. The monoisotopic (exact) mass is 225 g/mol. The van der Waals surface area contributed by atoms with Crippen molar-refractivity contribution in [2.75, 3.05) is 5.88 Å². The molecule has 1 aromatic rings. The summed E-state index contributed by atoms with van der Waals surface area (Å²) in [7, 11) is 0. The number of benzene rings is 1. The lowest BCUT2D eigenvalue weighted by molar-refractivity contribution is -0.384. The predicted molar refractivity (Wildman–Crippen MR) is 62.2 cm³/mol. The lowest BCUT2D eigenvalue weighted by atomic mass is 10.1. The van der Waals surface area contributed by atoms with Crippen molar-refractivity contribution in [2.24, 2.45) is 0 Å². The molecule has 1 rings (SSSR count). The zero-order valence-corrected chi connectivity index (χ0v) is 9.20. The maximum absolute atomic E-state index is 10.6. The zero-order chi connectivity index (χ0) is 11.3. The van der Waals surface area contributed by atoms with E-state index in [9.17, 15) is 10.1 Å². The van der Waals surface area contributed by atoms with E-state index < -0.39 is 0 Å². The Bertz CT molecular complexity index is 388. The smallest absolute Gasteiger partial charge is 0.258 e. The highest BCUT2D eigenvalue weighted by molar-refractivity contribution is 6.17. The van der Waals surface area contributed by atoms with E-state index in [0.717, 1.165) is 17.5 Å². The average molecular weight is 226 g/mol. The van der Waals surface area contributed by atoms with Crippen molar-refractivity contribution in [3.63, 3.8) is 0 Å². The first-order chi connectivity index (χ1) is 7.13. The van der Waals surface area contributed by atoms with E-state index in [1.165, 1.54) is 0 Å². The van der Waals surface area contributed by atoms with Crippen LogP contribution in [0.15, 0.2) is 24.3 Å². The normalized spacial score (nSPS) is 10.8. The molecule has 0 aliphatic heterocycles. The van der Waals surface area contributed by atoms with Crippen LogP contribution in [0.2, 0.25) is 0 Å². The van der Waals surface area contributed by atoms with Crippen molar-refractivity contribution < 1.29 is 4.92 Å². The Morgan fingerprint density at radius 1 is 1.47 bits per heavy atom. The molecule has 0 atom stereocenters. The zero-order valence-electron chi connectivity index (χ0n) is 8.44. The van der Waals surface area contributed by atoms with Crippen LogP contribution in [0.3, 0.4) is 0 Å². The van der Waals surface area contributed by atoms with Crippen molar-refractivity contribution in [3.05, 3.63) is 45.5 Å². The van der Waals surface area contributed by atoms with Gasteiger partial charge in [-0.05, 0) is 24.5 Å². The predicted octanol–water partition coefficient (Wildman–Crippen LogP) is 3.55. The van der Waals surface area contributed by atoms with Crippen LogP contribution in [0.25, 0.3) is 6.08 Å². The first kappa shape index (κ1) is 11.7. The first-order valence-corrected chi connectivity index (χ1v) is 5.15. The molecule has 1 aromatic carbocycles. The fraction of sp³-hybridized carbons (Fsp3) is 0.273. The molecular weight excluding hydrogens is 214 g/mol. The second-order valence-corrected chi connectivity index (χ2v) is 3.62. The van der Waals surface area contributed by atoms with Gasteiger partial charge in [-0.3, -0.25) is 10.1 Å². The molecule has 3 nitrogen and oxygen atoms in total. The molecule has 0 fully saturated rings. The second-order valence-electron chi connectivity index (χ2n) is 3.24. The molecule has 0 amide bonds. The molecule has 0 aliphatic rings. The molecule has 0 heterocycles. The number of nitrogens with zero attached hydrogens (tertiary/aromatic N) is 1. The topological polar surface area (TPSA) is 43.1 Å². The van der Waals surface area contributed by atoms with Crippen molar-refractivity contribution >= 4 is 23.4 Å². The van der Waals surface area contributed by atoms with Crippen molar-refractivity contribution in [3.8, 4) is 0 Å². The third kappa shape index (κ3) is 3.72. The number of nitro groups is 1. The Balaban J connectivity index is 2.93. The maximum Gasteiger partial charge on any atom is 0.270 e. The fourth-order valence-electron chi connectivity index (χ4n) is 1.28. The van der Waals surface area contributed by atoms with E-state index in [1.807, 2.05) is 25.1 Å². The number of halogens is 1. The third-order valence-corrected chi connectivity index (χ3v) is 2.10. The third-order valence-electron chi connectivity index (χ3n) is 1.88. The number of non-ortho nitro benzene ring substituents is 1. The number of rotatable bonds is 4. The number of hydrogen-bond donors (Lipinski definition) is 0. The Morgan fingerprint density at radius 3 is 2.80 bits per heavy atom. The van der Waals surface area contributed by atoms with Crippen molar-refractivity contribution in [1.82, 2.24) is 0 Å². The molecular formula is C11H12ClNO2. The Labute approximate surface area is 93.5 Å². The van der Waals surface area contributed by atoms with Crippen molar-refractivity contribution in [1.29, 1.82) is 0 Å². The van der Waals surface area contributed by atoms with Crippen LogP contribution in [-0.2, 0) is 0 Å². The summed E-state index contributed by atoms with van der Waals surface area (Å²) in [6.45, 7) is 1.84. The Hall–Kier alpha value is -1.35. The van der Waals surface area contributed by atoms with Gasteiger partial charge in [0.1, 0.15) is 0 Å². The van der Waals surface area contributed by atoms with Crippen LogP contribution in [-0.4, -0.2) is 10.8 Å². The van der Waals surface area contributed by atoms with Crippen LogP contribution in [0.4, 0.5) is 5.69 Å². The van der Waals surface area contributed by atoms with E-state index in [0.29, 0.717) is 5.88 Å². The number of hydrogen-bond acceptors (Lipinski definition) is 2. The van der Waals surface area contributed by atoms with Gasteiger partial charge in [-0.25, -0.2) is 0 Å². The van der Waals surface area contributed by atoms with Gasteiger partial charge in [0.05, 0.1) is 4.92 Å². The van der Waals surface area contributed by atoms with E-state index in [2.05, 4.69) is 0 Å². The lowest BCUT2D eigenvalue weighted by Crippen LogP contribution is -1.89. The molecule has 0 saturated carbocycles. The molecule has 0 N–H and O–H groups in total. The quantitative estimate of drug-likeness (QED) is 0.447. The number of nitro benzene ring substituents is 1. The summed E-state index contributed by atoms with van der Waals surface area (Å²) in [5.74, 6) is 0.560. The van der Waals surface area contributed by atoms with E-state index >= 15 is 0 Å². The molecule has 80 valence electrons. The van der Waals surface area contributed by atoms with E-state index in [4.69, 9.17) is 11.6 Å². The average Bonchev–Trinajstić information content (AvgIpc) is 2.17. The molecule has 0 bridgehead atoms. The van der Waals surface area contributed by atoms with Crippen molar-refractivity contribution in [2.45, 2.75) is 13.3 Å². The fourth-order valence-corrected chi connectivity index (χ4v) is 1.40. The van der Waals surface area contributed by atoms with Gasteiger partial charge in [-0.1, -0.05) is 18.2 Å². The standard InChI is InChI=1S/C11H12ClNO2/c1-9-6-10(4-2-3-5-12)8-11(7-9)13(14)15/h2,4,6-8H,3,5H2,1H3.